The first-order valence-corrected chi connectivity index (χ1v) is 8.96. The fourth-order valence-corrected chi connectivity index (χ4v) is 3.53. The van der Waals surface area contributed by atoms with Crippen molar-refractivity contribution in [3.8, 4) is 0 Å². The molecule has 3 N–H and O–H groups in total. The first-order valence-electron chi connectivity index (χ1n) is 8.96. The van der Waals surface area contributed by atoms with E-state index in [4.69, 9.17) is 5.73 Å². The number of pyridine rings is 1. The highest BCUT2D eigenvalue weighted by Gasteiger charge is 2.24. The van der Waals surface area contributed by atoms with Gasteiger partial charge in [0.15, 0.2) is 5.82 Å². The topological polar surface area (TPSA) is 75.0 Å². The number of carbonyl (C=O) groups excluding carboxylic acids is 1. The van der Waals surface area contributed by atoms with Crippen LogP contribution in [-0.4, -0.2) is 28.8 Å². The average Bonchev–Trinajstić information content (AvgIpc) is 3.09. The van der Waals surface area contributed by atoms with E-state index < -0.39 is 23.0 Å². The Hall–Kier alpha value is -2.96. The molecule has 0 saturated carbocycles. The Morgan fingerprint density at radius 1 is 1.30 bits per heavy atom. The van der Waals surface area contributed by atoms with Gasteiger partial charge in [0.05, 0.1) is 23.1 Å². The number of ketones is 1. The third kappa shape index (κ3) is 3.03. The van der Waals surface area contributed by atoms with Crippen LogP contribution < -0.4 is 10.6 Å². The summed E-state index contributed by atoms with van der Waals surface area (Å²) >= 11 is 0. The summed E-state index contributed by atoms with van der Waals surface area (Å²) in [6.07, 6.45) is 5.38. The van der Waals surface area contributed by atoms with Crippen molar-refractivity contribution in [3.05, 3.63) is 53.4 Å². The van der Waals surface area contributed by atoms with Crippen molar-refractivity contribution in [2.75, 3.05) is 23.7 Å². The standard InChI is InChI=1S/C20H20F2N4O/c1-11-4-6-26(7-5-11)12-8-13-14(10-25-20(13)24-9-12)19(27)17-15(21)2-3-16(23)18(17)22/h2-3,8-11H,4-7,23H2,1H3,(H,24,25). The normalized spacial score (nSPS) is 15.4. The molecule has 1 aliphatic heterocycles. The van der Waals surface area contributed by atoms with E-state index >= 15 is 0 Å². The second-order valence-corrected chi connectivity index (χ2v) is 7.12. The molecule has 1 saturated heterocycles. The zero-order valence-electron chi connectivity index (χ0n) is 14.9. The van der Waals surface area contributed by atoms with Crippen LogP contribution in [0.4, 0.5) is 20.2 Å². The van der Waals surface area contributed by atoms with Crippen LogP contribution in [0.2, 0.25) is 0 Å². The Morgan fingerprint density at radius 2 is 2.04 bits per heavy atom. The molecule has 140 valence electrons. The van der Waals surface area contributed by atoms with Crippen molar-refractivity contribution < 1.29 is 13.6 Å². The minimum Gasteiger partial charge on any atom is -0.396 e. The van der Waals surface area contributed by atoms with Gasteiger partial charge in [-0.05, 0) is 37.0 Å². The predicted octanol–water partition coefficient (Wildman–Crippen LogP) is 3.89. The van der Waals surface area contributed by atoms with E-state index in [0.29, 0.717) is 17.0 Å². The number of benzene rings is 1. The summed E-state index contributed by atoms with van der Waals surface area (Å²) in [5.41, 5.74) is 6.17. The third-order valence-electron chi connectivity index (χ3n) is 5.26. The number of hydrogen-bond acceptors (Lipinski definition) is 4. The predicted molar refractivity (Wildman–Crippen MR) is 101 cm³/mol. The van der Waals surface area contributed by atoms with Gasteiger partial charge in [-0.15, -0.1) is 0 Å². The molecule has 3 aromatic rings. The lowest BCUT2D eigenvalue weighted by atomic mass is 9.98. The molecule has 0 radical (unpaired) electrons. The molecule has 5 nitrogen and oxygen atoms in total. The summed E-state index contributed by atoms with van der Waals surface area (Å²) < 4.78 is 28.4. The largest absolute Gasteiger partial charge is 0.396 e. The lowest BCUT2D eigenvalue weighted by Gasteiger charge is -2.31. The Kier molecular flexibility index (Phi) is 4.30. The molecule has 0 aliphatic carbocycles. The lowest BCUT2D eigenvalue weighted by molar-refractivity contribution is 0.103. The van der Waals surface area contributed by atoms with Crippen LogP contribution in [0.5, 0.6) is 0 Å². The number of halogens is 2. The van der Waals surface area contributed by atoms with Gasteiger partial charge in [0.1, 0.15) is 11.5 Å². The first-order chi connectivity index (χ1) is 13.0. The number of nitrogens with zero attached hydrogens (tertiary/aromatic N) is 2. The molecule has 0 spiro atoms. The van der Waals surface area contributed by atoms with Crippen molar-refractivity contribution in [2.45, 2.75) is 19.8 Å². The van der Waals surface area contributed by atoms with Gasteiger partial charge in [-0.2, -0.15) is 0 Å². The van der Waals surface area contributed by atoms with Gasteiger partial charge in [-0.3, -0.25) is 4.79 Å². The van der Waals surface area contributed by atoms with Crippen molar-refractivity contribution in [3.63, 3.8) is 0 Å². The second-order valence-electron chi connectivity index (χ2n) is 7.12. The number of H-pyrrole nitrogens is 1. The summed E-state index contributed by atoms with van der Waals surface area (Å²) in [4.78, 5) is 22.3. The zero-order chi connectivity index (χ0) is 19.1. The van der Waals surface area contributed by atoms with Crippen LogP contribution in [-0.2, 0) is 0 Å². The first kappa shape index (κ1) is 17.5. The number of rotatable bonds is 3. The SMILES string of the molecule is CC1CCN(c2cnc3[nH]cc(C(=O)c4c(F)ccc(N)c4F)c3c2)CC1. The molecule has 1 fully saturated rings. The number of piperidine rings is 1. The van der Waals surface area contributed by atoms with Crippen LogP contribution in [0.15, 0.2) is 30.6 Å². The average molecular weight is 370 g/mol. The summed E-state index contributed by atoms with van der Waals surface area (Å²) in [6.45, 7) is 4.07. The number of hydrogen-bond donors (Lipinski definition) is 2. The van der Waals surface area contributed by atoms with Crippen LogP contribution in [0.25, 0.3) is 11.0 Å². The molecule has 1 aromatic carbocycles. The highest BCUT2D eigenvalue weighted by Crippen LogP contribution is 2.29. The Labute approximate surface area is 155 Å². The molecule has 27 heavy (non-hydrogen) atoms. The quantitative estimate of drug-likeness (QED) is 0.542. The van der Waals surface area contributed by atoms with Crippen molar-refractivity contribution in [1.29, 1.82) is 0 Å². The number of fused-ring (bicyclic) bond motifs is 1. The third-order valence-corrected chi connectivity index (χ3v) is 5.26. The number of nitrogen functional groups attached to an aromatic ring is 1. The van der Waals surface area contributed by atoms with E-state index in [1.54, 1.807) is 6.20 Å². The van der Waals surface area contributed by atoms with E-state index in [-0.39, 0.29) is 11.3 Å². The number of aromatic amines is 1. The van der Waals surface area contributed by atoms with Gasteiger partial charge in [0.25, 0.3) is 0 Å². The Balaban J connectivity index is 1.76. The van der Waals surface area contributed by atoms with E-state index in [1.165, 1.54) is 6.20 Å². The fraction of sp³-hybridized carbons (Fsp3) is 0.300. The molecule has 2 aromatic heterocycles. The maximum absolute atomic E-state index is 14.3. The van der Waals surface area contributed by atoms with Gasteiger partial charge < -0.3 is 15.6 Å². The summed E-state index contributed by atoms with van der Waals surface area (Å²) in [7, 11) is 0. The van der Waals surface area contributed by atoms with Crippen molar-refractivity contribution in [2.24, 2.45) is 5.92 Å². The Bertz CT molecular complexity index is 1020. The van der Waals surface area contributed by atoms with Gasteiger partial charge in [0.2, 0.25) is 5.78 Å². The number of carbonyl (C=O) groups is 1. The summed E-state index contributed by atoms with van der Waals surface area (Å²) in [5.74, 6) is -2.04. The van der Waals surface area contributed by atoms with E-state index in [9.17, 15) is 13.6 Å². The molecule has 3 heterocycles. The van der Waals surface area contributed by atoms with Gasteiger partial charge >= 0.3 is 0 Å². The molecule has 4 rings (SSSR count). The maximum Gasteiger partial charge on any atom is 0.201 e. The lowest BCUT2D eigenvalue weighted by Crippen LogP contribution is -2.32. The molecule has 0 bridgehead atoms. The van der Waals surface area contributed by atoms with E-state index in [2.05, 4.69) is 21.8 Å². The Morgan fingerprint density at radius 3 is 2.78 bits per heavy atom. The monoisotopic (exact) mass is 370 g/mol. The van der Waals surface area contributed by atoms with Crippen LogP contribution in [0.3, 0.4) is 0 Å². The van der Waals surface area contributed by atoms with Crippen molar-refractivity contribution >= 4 is 28.2 Å². The molecule has 0 atom stereocenters. The van der Waals surface area contributed by atoms with Gasteiger partial charge in [-0.25, -0.2) is 13.8 Å². The van der Waals surface area contributed by atoms with Crippen LogP contribution >= 0.6 is 0 Å². The number of aromatic nitrogens is 2. The van der Waals surface area contributed by atoms with Crippen molar-refractivity contribution in [1.82, 2.24) is 9.97 Å². The van der Waals surface area contributed by atoms with Crippen LogP contribution in [0, 0.1) is 17.6 Å². The molecule has 0 unspecified atom stereocenters. The number of nitrogens with two attached hydrogens (primary N) is 1. The summed E-state index contributed by atoms with van der Waals surface area (Å²) in [6, 6.07) is 3.96. The second kappa shape index (κ2) is 6.64. The van der Waals surface area contributed by atoms with Gasteiger partial charge in [0, 0.05) is 30.2 Å². The molecule has 7 heteroatoms. The minimum atomic E-state index is -1.04. The highest BCUT2D eigenvalue weighted by molar-refractivity contribution is 6.16. The molecular formula is C20H20F2N4O. The zero-order valence-corrected chi connectivity index (χ0v) is 14.9. The summed E-state index contributed by atoms with van der Waals surface area (Å²) in [5, 5.41) is 0.539. The number of nitrogens with one attached hydrogen (secondary N) is 1. The van der Waals surface area contributed by atoms with Gasteiger partial charge in [-0.1, -0.05) is 6.92 Å². The smallest absolute Gasteiger partial charge is 0.201 e. The minimum absolute atomic E-state index is 0.174. The fourth-order valence-electron chi connectivity index (χ4n) is 3.53. The molecular weight excluding hydrogens is 350 g/mol. The van der Waals surface area contributed by atoms with E-state index in [1.807, 2.05) is 6.07 Å². The van der Waals surface area contributed by atoms with Crippen LogP contribution in [0.1, 0.15) is 35.7 Å². The maximum atomic E-state index is 14.3. The number of anilines is 2. The molecule has 0 amide bonds. The van der Waals surface area contributed by atoms with E-state index in [0.717, 1.165) is 43.8 Å². The highest BCUT2D eigenvalue weighted by atomic mass is 19.1. The molecule has 1 aliphatic rings.